The van der Waals surface area contributed by atoms with E-state index in [1.54, 1.807) is 12.1 Å². The third-order valence-corrected chi connectivity index (χ3v) is 2.86. The van der Waals surface area contributed by atoms with Crippen LogP contribution < -0.4 is 21.1 Å². The highest BCUT2D eigenvalue weighted by atomic mass is 16.5. The Morgan fingerprint density at radius 3 is 3.06 bits per heavy atom. The molecule has 1 heterocycles. The maximum absolute atomic E-state index is 11.2. The molecule has 2 rings (SSSR count). The van der Waals surface area contributed by atoms with Crippen LogP contribution in [0.4, 0.5) is 17.1 Å². The second kappa shape index (κ2) is 5.14. The summed E-state index contributed by atoms with van der Waals surface area (Å²) >= 11 is 0. The number of anilines is 3. The third kappa shape index (κ3) is 2.48. The van der Waals surface area contributed by atoms with Crippen molar-refractivity contribution in [1.82, 2.24) is 0 Å². The zero-order valence-corrected chi connectivity index (χ0v) is 10.2. The minimum atomic E-state index is -0.188. The van der Waals surface area contributed by atoms with Gasteiger partial charge in [-0.25, -0.2) is 0 Å². The van der Waals surface area contributed by atoms with E-state index in [0.717, 1.165) is 6.42 Å². The number of hydrogen-bond donors (Lipinski definition) is 4. The lowest BCUT2D eigenvalue weighted by Crippen LogP contribution is -2.26. The lowest BCUT2D eigenvalue weighted by Gasteiger charge is -2.22. The molecule has 6 nitrogen and oxygen atoms in total. The number of nitrogens with two attached hydrogens (primary N) is 1. The fraction of sp³-hybridized carbons (Fsp3) is 0.417. The van der Waals surface area contributed by atoms with Gasteiger partial charge in [-0.1, -0.05) is 6.92 Å². The minimum Gasteiger partial charge on any atom is -0.482 e. The second-order valence-electron chi connectivity index (χ2n) is 4.20. The van der Waals surface area contributed by atoms with E-state index in [1.165, 1.54) is 0 Å². The summed E-state index contributed by atoms with van der Waals surface area (Å²) in [5.41, 5.74) is 7.70. The molecule has 6 heteroatoms. The first-order valence-corrected chi connectivity index (χ1v) is 5.87. The SMILES string of the molecule is CCC(CO)Nc1cc2c(cc1N)OCC(=O)N2. The maximum Gasteiger partial charge on any atom is 0.262 e. The van der Waals surface area contributed by atoms with Crippen LogP contribution in [0.15, 0.2) is 12.1 Å². The molecule has 1 aromatic rings. The molecule has 0 saturated heterocycles. The van der Waals surface area contributed by atoms with E-state index < -0.39 is 0 Å². The number of ether oxygens (including phenoxy) is 1. The van der Waals surface area contributed by atoms with Gasteiger partial charge in [-0.05, 0) is 12.5 Å². The van der Waals surface area contributed by atoms with Gasteiger partial charge < -0.3 is 26.2 Å². The van der Waals surface area contributed by atoms with Gasteiger partial charge >= 0.3 is 0 Å². The van der Waals surface area contributed by atoms with Crippen LogP contribution in [0.1, 0.15) is 13.3 Å². The number of rotatable bonds is 4. The summed E-state index contributed by atoms with van der Waals surface area (Å²) in [5, 5.41) is 15.0. The monoisotopic (exact) mass is 251 g/mol. The largest absolute Gasteiger partial charge is 0.482 e. The lowest BCUT2D eigenvalue weighted by molar-refractivity contribution is -0.118. The zero-order valence-electron chi connectivity index (χ0n) is 10.2. The van der Waals surface area contributed by atoms with E-state index in [-0.39, 0.29) is 25.2 Å². The number of fused-ring (bicyclic) bond motifs is 1. The number of nitrogens with one attached hydrogen (secondary N) is 2. The van der Waals surface area contributed by atoms with E-state index in [9.17, 15) is 4.79 Å². The molecule has 98 valence electrons. The average molecular weight is 251 g/mol. The van der Waals surface area contributed by atoms with Gasteiger partial charge in [-0.3, -0.25) is 4.79 Å². The molecule has 1 unspecified atom stereocenters. The predicted octanol–water partition coefficient (Wildman–Crippen LogP) is 0.782. The Balaban J connectivity index is 2.26. The number of hydrogen-bond acceptors (Lipinski definition) is 5. The third-order valence-electron chi connectivity index (χ3n) is 2.86. The van der Waals surface area contributed by atoms with E-state index in [0.29, 0.717) is 22.8 Å². The first-order chi connectivity index (χ1) is 8.63. The van der Waals surface area contributed by atoms with Gasteiger partial charge in [0.15, 0.2) is 6.61 Å². The molecular formula is C12H17N3O3. The fourth-order valence-electron chi connectivity index (χ4n) is 1.76. The van der Waals surface area contributed by atoms with Gasteiger partial charge in [0.2, 0.25) is 0 Å². The number of carbonyl (C=O) groups is 1. The Bertz CT molecular complexity index is 458. The van der Waals surface area contributed by atoms with Crippen molar-refractivity contribution in [3.63, 3.8) is 0 Å². The van der Waals surface area contributed by atoms with Crippen molar-refractivity contribution in [3.8, 4) is 5.75 Å². The Kier molecular flexibility index (Phi) is 3.57. The van der Waals surface area contributed by atoms with Gasteiger partial charge in [-0.15, -0.1) is 0 Å². The van der Waals surface area contributed by atoms with E-state index in [2.05, 4.69) is 10.6 Å². The highest BCUT2D eigenvalue weighted by molar-refractivity contribution is 5.97. The summed E-state index contributed by atoms with van der Waals surface area (Å²) < 4.78 is 5.26. The number of aliphatic hydroxyl groups excluding tert-OH is 1. The Morgan fingerprint density at radius 2 is 2.39 bits per heavy atom. The average Bonchev–Trinajstić information content (AvgIpc) is 2.36. The van der Waals surface area contributed by atoms with Crippen LogP contribution in [0.25, 0.3) is 0 Å². The van der Waals surface area contributed by atoms with Crippen molar-refractivity contribution < 1.29 is 14.6 Å². The van der Waals surface area contributed by atoms with Crippen LogP contribution in [0, 0.1) is 0 Å². The van der Waals surface area contributed by atoms with Gasteiger partial charge in [0, 0.05) is 12.1 Å². The summed E-state index contributed by atoms with van der Waals surface area (Å²) in [6.45, 7) is 2.00. The van der Waals surface area contributed by atoms with Crippen molar-refractivity contribution >= 4 is 23.0 Å². The lowest BCUT2D eigenvalue weighted by atomic mass is 10.1. The molecular weight excluding hydrogens is 234 g/mol. The molecule has 0 spiro atoms. The maximum atomic E-state index is 11.2. The molecule has 1 aliphatic heterocycles. The van der Waals surface area contributed by atoms with Crippen molar-refractivity contribution in [2.45, 2.75) is 19.4 Å². The van der Waals surface area contributed by atoms with Crippen molar-refractivity contribution in [2.75, 3.05) is 29.6 Å². The van der Waals surface area contributed by atoms with E-state index >= 15 is 0 Å². The van der Waals surface area contributed by atoms with Crippen LogP contribution >= 0.6 is 0 Å². The standard InChI is InChI=1S/C12H17N3O3/c1-2-7(5-16)14-9-4-10-11(3-8(9)13)18-6-12(17)15-10/h3-4,7,14,16H,2,5-6,13H2,1H3,(H,15,17). The smallest absolute Gasteiger partial charge is 0.262 e. The molecule has 0 aliphatic carbocycles. The first kappa shape index (κ1) is 12.5. The highest BCUT2D eigenvalue weighted by Gasteiger charge is 2.18. The van der Waals surface area contributed by atoms with Gasteiger partial charge in [0.05, 0.1) is 23.7 Å². The number of nitrogen functional groups attached to an aromatic ring is 1. The van der Waals surface area contributed by atoms with Crippen LogP contribution in [0.2, 0.25) is 0 Å². The summed E-state index contributed by atoms with van der Waals surface area (Å²) in [6, 6.07) is 3.33. The van der Waals surface area contributed by atoms with Gasteiger partial charge in [-0.2, -0.15) is 0 Å². The molecule has 18 heavy (non-hydrogen) atoms. The first-order valence-electron chi connectivity index (χ1n) is 5.87. The molecule has 1 aromatic carbocycles. The van der Waals surface area contributed by atoms with Crippen LogP contribution in [0.3, 0.4) is 0 Å². The Morgan fingerprint density at radius 1 is 1.61 bits per heavy atom. The van der Waals surface area contributed by atoms with Gasteiger partial charge in [0.1, 0.15) is 5.75 Å². The molecule has 0 bridgehead atoms. The van der Waals surface area contributed by atoms with Crippen LogP contribution in [-0.4, -0.2) is 30.3 Å². The molecule has 0 radical (unpaired) electrons. The quantitative estimate of drug-likeness (QED) is 0.593. The zero-order chi connectivity index (χ0) is 13.1. The summed E-state index contributed by atoms with van der Waals surface area (Å²) in [5.74, 6) is 0.377. The van der Waals surface area contributed by atoms with Gasteiger partial charge in [0.25, 0.3) is 5.91 Å². The van der Waals surface area contributed by atoms with Crippen LogP contribution in [0.5, 0.6) is 5.75 Å². The molecule has 0 aromatic heterocycles. The van der Waals surface area contributed by atoms with Crippen molar-refractivity contribution in [2.24, 2.45) is 0 Å². The van der Waals surface area contributed by atoms with E-state index in [4.69, 9.17) is 15.6 Å². The summed E-state index contributed by atoms with van der Waals surface area (Å²) in [7, 11) is 0. The normalized spacial score (nSPS) is 15.3. The topological polar surface area (TPSA) is 96.6 Å². The highest BCUT2D eigenvalue weighted by Crippen LogP contribution is 2.35. The Hall–Kier alpha value is -1.95. The summed E-state index contributed by atoms with van der Waals surface area (Å²) in [4.78, 5) is 11.2. The number of aliphatic hydroxyl groups is 1. The number of carbonyl (C=O) groups excluding carboxylic acids is 1. The number of amides is 1. The Labute approximate surface area is 105 Å². The van der Waals surface area contributed by atoms with Crippen molar-refractivity contribution in [1.29, 1.82) is 0 Å². The van der Waals surface area contributed by atoms with E-state index in [1.807, 2.05) is 6.92 Å². The summed E-state index contributed by atoms with van der Waals surface area (Å²) in [6.07, 6.45) is 0.774. The second-order valence-corrected chi connectivity index (χ2v) is 4.20. The molecule has 1 aliphatic rings. The number of benzene rings is 1. The minimum absolute atomic E-state index is 0.00738. The molecule has 5 N–H and O–H groups in total. The fourth-order valence-corrected chi connectivity index (χ4v) is 1.76. The molecule has 0 fully saturated rings. The van der Waals surface area contributed by atoms with Crippen molar-refractivity contribution in [3.05, 3.63) is 12.1 Å². The molecule has 0 saturated carbocycles. The molecule has 1 amide bonds. The predicted molar refractivity (Wildman–Crippen MR) is 69.8 cm³/mol. The molecule has 1 atom stereocenters. The van der Waals surface area contributed by atoms with Crippen LogP contribution in [-0.2, 0) is 4.79 Å².